The van der Waals surface area contributed by atoms with Gasteiger partial charge in [0.1, 0.15) is 5.52 Å². The van der Waals surface area contributed by atoms with Crippen molar-refractivity contribution in [3.05, 3.63) is 80.9 Å². The number of rotatable bonds is 7. The van der Waals surface area contributed by atoms with Gasteiger partial charge in [0.25, 0.3) is 5.56 Å². The maximum Gasteiger partial charge on any atom is 0.337 e. The summed E-state index contributed by atoms with van der Waals surface area (Å²) in [6.07, 6.45) is 2.42. The minimum atomic E-state index is -1.07. The Morgan fingerprint density at radius 2 is 1.87 bits per heavy atom. The molecule has 10 nitrogen and oxygen atoms in total. The number of carbonyl (C=O) groups is 1. The van der Waals surface area contributed by atoms with Crippen LogP contribution in [0.25, 0.3) is 22.3 Å². The third-order valence-corrected chi connectivity index (χ3v) is 7.76. The average Bonchev–Trinajstić information content (AvgIpc) is 3.29. The second-order valence-corrected chi connectivity index (χ2v) is 10.5. The van der Waals surface area contributed by atoms with Crippen molar-refractivity contribution in [2.75, 3.05) is 20.2 Å². The van der Waals surface area contributed by atoms with Crippen LogP contribution in [0.2, 0.25) is 5.02 Å². The number of esters is 1. The number of likely N-dealkylation sites (tertiary alicyclic amines) is 1. The Morgan fingerprint density at radius 1 is 1.15 bits per heavy atom. The van der Waals surface area contributed by atoms with Crippen molar-refractivity contribution >= 4 is 28.6 Å². The van der Waals surface area contributed by atoms with Crippen LogP contribution in [0.15, 0.2) is 53.6 Å². The number of carbonyl (C=O) groups excluding carboxylic acids is 1. The highest BCUT2D eigenvalue weighted by atomic mass is 35.5. The van der Waals surface area contributed by atoms with E-state index in [2.05, 4.69) is 15.0 Å². The number of ether oxygens (including phenoxy) is 1. The normalized spacial score (nSPS) is 15.5. The quantitative estimate of drug-likeness (QED) is 0.336. The molecular formula is C28H31ClN6O4. The first-order valence-electron chi connectivity index (χ1n) is 12.7. The third-order valence-electron chi connectivity index (χ3n) is 7.39. The highest BCUT2D eigenvalue weighted by Gasteiger charge is 2.33. The fourth-order valence-corrected chi connectivity index (χ4v) is 5.29. The number of nitrogens with zero attached hydrogens (tertiary/aromatic N) is 5. The maximum atomic E-state index is 13.4. The number of aryl methyl sites for hydroxylation is 1. The number of hydrogen-bond acceptors (Lipinski definition) is 8. The molecule has 204 valence electrons. The van der Waals surface area contributed by atoms with E-state index >= 15 is 0 Å². The van der Waals surface area contributed by atoms with E-state index in [1.54, 1.807) is 29.9 Å². The number of nitrogens with two attached hydrogens (primary N) is 1. The van der Waals surface area contributed by atoms with Gasteiger partial charge in [0.05, 0.1) is 36.8 Å². The van der Waals surface area contributed by atoms with Crippen molar-refractivity contribution < 1.29 is 14.6 Å². The van der Waals surface area contributed by atoms with Crippen LogP contribution >= 0.6 is 11.6 Å². The van der Waals surface area contributed by atoms with E-state index < -0.39 is 11.6 Å². The second-order valence-electron chi connectivity index (χ2n) is 10.0. The first-order chi connectivity index (χ1) is 18.7. The lowest BCUT2D eigenvalue weighted by atomic mass is 9.91. The number of piperidine rings is 1. The van der Waals surface area contributed by atoms with Gasteiger partial charge in [-0.2, -0.15) is 5.10 Å². The van der Waals surface area contributed by atoms with Crippen molar-refractivity contribution in [2.24, 2.45) is 12.8 Å². The van der Waals surface area contributed by atoms with Gasteiger partial charge in [0, 0.05) is 43.8 Å². The zero-order valence-corrected chi connectivity index (χ0v) is 22.7. The molecule has 0 amide bonds. The van der Waals surface area contributed by atoms with Gasteiger partial charge in [-0.3, -0.25) is 18.9 Å². The highest BCUT2D eigenvalue weighted by molar-refractivity contribution is 6.31. The van der Waals surface area contributed by atoms with Crippen molar-refractivity contribution in [3.8, 4) is 11.3 Å². The van der Waals surface area contributed by atoms with E-state index in [9.17, 15) is 14.7 Å². The fraction of sp³-hybridized carbons (Fsp3) is 0.357. The smallest absolute Gasteiger partial charge is 0.337 e. The highest BCUT2D eigenvalue weighted by Crippen LogP contribution is 2.28. The first-order valence-corrected chi connectivity index (χ1v) is 13.1. The van der Waals surface area contributed by atoms with Crippen LogP contribution in [0.5, 0.6) is 0 Å². The Kier molecular flexibility index (Phi) is 7.55. The summed E-state index contributed by atoms with van der Waals surface area (Å²) in [7, 11) is 3.13. The van der Waals surface area contributed by atoms with Crippen LogP contribution in [-0.4, -0.2) is 61.1 Å². The summed E-state index contributed by atoms with van der Waals surface area (Å²) >= 11 is 6.37. The maximum absolute atomic E-state index is 13.4. The van der Waals surface area contributed by atoms with Gasteiger partial charge in [-0.05, 0) is 42.2 Å². The molecule has 2 aromatic carbocycles. The number of methoxy groups -OCH3 is 1. The molecule has 2 aromatic heterocycles. The zero-order chi connectivity index (χ0) is 27.7. The summed E-state index contributed by atoms with van der Waals surface area (Å²) in [5, 5.41) is 16.4. The summed E-state index contributed by atoms with van der Waals surface area (Å²) < 4.78 is 7.92. The number of halogens is 1. The molecule has 0 radical (unpaired) electrons. The van der Waals surface area contributed by atoms with Crippen molar-refractivity contribution in [1.82, 2.24) is 24.2 Å². The van der Waals surface area contributed by atoms with Crippen molar-refractivity contribution in [1.29, 1.82) is 0 Å². The standard InChI is InChI=1S/C28H31ClN6O4/c1-33-25(19-5-3-18(14-30)4-6-19)23-24(32-33)26(36)35(17-31-23)16-28(38)9-11-34(12-10-28)15-21-13-20(27(37)39-2)7-8-22(21)29/h3-8,13,17,38H,9-12,14-16,30H2,1-2H3. The summed E-state index contributed by atoms with van der Waals surface area (Å²) in [5.74, 6) is -0.415. The molecule has 5 rings (SSSR count). The largest absolute Gasteiger partial charge is 0.465 e. The lowest BCUT2D eigenvalue weighted by Gasteiger charge is -2.38. The van der Waals surface area contributed by atoms with Crippen LogP contribution < -0.4 is 11.3 Å². The average molecular weight is 551 g/mol. The molecule has 0 bridgehead atoms. The lowest BCUT2D eigenvalue weighted by molar-refractivity contribution is -0.0364. The molecule has 1 saturated heterocycles. The van der Waals surface area contributed by atoms with E-state index in [1.165, 1.54) is 18.0 Å². The van der Waals surface area contributed by atoms with E-state index in [-0.39, 0.29) is 17.6 Å². The van der Waals surface area contributed by atoms with Crippen LogP contribution in [0.3, 0.4) is 0 Å². The van der Waals surface area contributed by atoms with Gasteiger partial charge in [0.15, 0.2) is 5.52 Å². The second kappa shape index (κ2) is 10.9. The Bertz CT molecular complexity index is 1570. The topological polar surface area (TPSA) is 128 Å². The summed E-state index contributed by atoms with van der Waals surface area (Å²) in [6, 6.07) is 12.8. The van der Waals surface area contributed by atoms with Gasteiger partial charge in [-0.15, -0.1) is 0 Å². The number of aromatic nitrogens is 4. The molecule has 1 fully saturated rings. The molecule has 3 N–H and O–H groups in total. The first kappa shape index (κ1) is 27.0. The molecule has 0 spiro atoms. The molecule has 4 aromatic rings. The molecule has 1 aliphatic heterocycles. The van der Waals surface area contributed by atoms with E-state index in [4.69, 9.17) is 22.1 Å². The predicted octanol–water partition coefficient (Wildman–Crippen LogP) is 2.72. The Morgan fingerprint density at radius 3 is 2.54 bits per heavy atom. The SMILES string of the molecule is COC(=O)c1ccc(Cl)c(CN2CCC(O)(Cn3cnc4c(-c5ccc(CN)cc5)n(C)nc4c3=O)CC2)c1. The molecule has 0 saturated carbocycles. The van der Waals surface area contributed by atoms with Gasteiger partial charge in [0.2, 0.25) is 0 Å². The van der Waals surface area contributed by atoms with Gasteiger partial charge in [-0.25, -0.2) is 9.78 Å². The number of hydrogen-bond donors (Lipinski definition) is 2. The van der Waals surface area contributed by atoms with Gasteiger partial charge < -0.3 is 15.6 Å². The third kappa shape index (κ3) is 5.46. The number of fused-ring (bicyclic) bond motifs is 1. The molecule has 11 heteroatoms. The Hall–Kier alpha value is -3.57. The van der Waals surface area contributed by atoms with E-state index in [0.717, 1.165) is 22.4 Å². The Balaban J connectivity index is 1.30. The van der Waals surface area contributed by atoms with Crippen LogP contribution in [0.1, 0.15) is 34.3 Å². The van der Waals surface area contributed by atoms with Gasteiger partial charge in [-0.1, -0.05) is 35.9 Å². The predicted molar refractivity (Wildman–Crippen MR) is 148 cm³/mol. The lowest BCUT2D eigenvalue weighted by Crippen LogP contribution is -2.47. The van der Waals surface area contributed by atoms with E-state index in [1.807, 2.05) is 24.3 Å². The number of benzene rings is 2. The summed E-state index contributed by atoms with van der Waals surface area (Å²) in [5.41, 5.74) is 9.06. The summed E-state index contributed by atoms with van der Waals surface area (Å²) in [4.78, 5) is 32.0. The molecule has 0 unspecified atom stereocenters. The van der Waals surface area contributed by atoms with E-state index in [0.29, 0.717) is 55.1 Å². The molecular weight excluding hydrogens is 520 g/mol. The molecule has 0 atom stereocenters. The van der Waals surface area contributed by atoms with Crippen molar-refractivity contribution in [2.45, 2.75) is 38.1 Å². The van der Waals surface area contributed by atoms with Crippen LogP contribution in [-0.2, 0) is 31.4 Å². The van der Waals surface area contributed by atoms with Gasteiger partial charge >= 0.3 is 5.97 Å². The molecule has 39 heavy (non-hydrogen) atoms. The monoisotopic (exact) mass is 550 g/mol. The van der Waals surface area contributed by atoms with Crippen LogP contribution in [0, 0.1) is 0 Å². The molecule has 0 aliphatic carbocycles. The number of aliphatic hydroxyl groups is 1. The minimum Gasteiger partial charge on any atom is -0.465 e. The zero-order valence-electron chi connectivity index (χ0n) is 21.9. The fourth-order valence-electron chi connectivity index (χ4n) is 5.11. The van der Waals surface area contributed by atoms with Crippen LogP contribution in [0.4, 0.5) is 0 Å². The minimum absolute atomic E-state index is 0.123. The molecule has 1 aliphatic rings. The Labute approximate surface area is 230 Å². The summed E-state index contributed by atoms with van der Waals surface area (Å²) in [6.45, 7) is 2.32. The molecule has 3 heterocycles. The van der Waals surface area contributed by atoms with Crippen molar-refractivity contribution in [3.63, 3.8) is 0 Å².